The van der Waals surface area contributed by atoms with Crippen LogP contribution in [-0.2, 0) is 6.54 Å². The molecule has 0 radical (unpaired) electrons. The van der Waals surface area contributed by atoms with E-state index < -0.39 is 6.61 Å². The number of ether oxygens (including phenoxy) is 1. The Kier molecular flexibility index (Phi) is 6.16. The maximum atomic E-state index is 12.2. The molecule has 1 fully saturated rings. The van der Waals surface area contributed by atoms with Crippen LogP contribution in [0.2, 0.25) is 0 Å². The molecule has 1 aliphatic rings. The van der Waals surface area contributed by atoms with E-state index in [0.29, 0.717) is 10.7 Å². The second-order valence-electron chi connectivity index (χ2n) is 6.46. The number of carbonyl (C=O) groups excluding carboxylic acids is 1. The highest BCUT2D eigenvalue weighted by molar-refractivity contribution is 7.13. The molecule has 0 unspecified atom stereocenters. The average Bonchev–Trinajstić information content (AvgIpc) is 3.04. The van der Waals surface area contributed by atoms with Gasteiger partial charge < -0.3 is 4.74 Å². The second kappa shape index (κ2) is 8.55. The predicted octanol–water partition coefficient (Wildman–Crippen LogP) is 4.23. The van der Waals surface area contributed by atoms with Crippen LogP contribution >= 0.6 is 11.3 Å². The SMILES string of the molecule is CC1CCN(Cc2csc(NC(=O)c3ccc(OC(F)F)cc3)n2)CC1. The topological polar surface area (TPSA) is 54.5 Å². The first-order valence-electron chi connectivity index (χ1n) is 8.52. The predicted molar refractivity (Wildman–Crippen MR) is 96.8 cm³/mol. The van der Waals surface area contributed by atoms with Crippen molar-refractivity contribution in [3.63, 3.8) is 0 Å². The van der Waals surface area contributed by atoms with Crippen molar-refractivity contribution in [1.29, 1.82) is 0 Å². The minimum atomic E-state index is -2.88. The van der Waals surface area contributed by atoms with Crippen LogP contribution in [0.4, 0.5) is 13.9 Å². The maximum absolute atomic E-state index is 12.2. The zero-order chi connectivity index (χ0) is 18.5. The van der Waals surface area contributed by atoms with Crippen molar-refractivity contribution < 1.29 is 18.3 Å². The summed E-state index contributed by atoms with van der Waals surface area (Å²) in [6.07, 6.45) is 2.41. The van der Waals surface area contributed by atoms with Crippen LogP contribution in [0.1, 0.15) is 35.8 Å². The Morgan fingerprint density at radius 1 is 1.35 bits per heavy atom. The Morgan fingerprint density at radius 2 is 2.04 bits per heavy atom. The van der Waals surface area contributed by atoms with E-state index in [-0.39, 0.29) is 11.7 Å². The summed E-state index contributed by atoms with van der Waals surface area (Å²) in [7, 11) is 0. The van der Waals surface area contributed by atoms with Crippen molar-refractivity contribution in [2.45, 2.75) is 32.9 Å². The second-order valence-corrected chi connectivity index (χ2v) is 7.32. The van der Waals surface area contributed by atoms with Gasteiger partial charge in [-0.15, -0.1) is 11.3 Å². The summed E-state index contributed by atoms with van der Waals surface area (Å²) in [6.45, 7) is 2.34. The normalized spacial score (nSPS) is 16.0. The van der Waals surface area contributed by atoms with Gasteiger partial charge in [-0.2, -0.15) is 8.78 Å². The highest BCUT2D eigenvalue weighted by atomic mass is 32.1. The molecule has 1 aliphatic heterocycles. The quantitative estimate of drug-likeness (QED) is 0.814. The molecule has 1 amide bonds. The van der Waals surface area contributed by atoms with Crippen LogP contribution in [-0.4, -0.2) is 35.5 Å². The van der Waals surface area contributed by atoms with Gasteiger partial charge in [0, 0.05) is 17.5 Å². The van der Waals surface area contributed by atoms with Gasteiger partial charge in [0.1, 0.15) is 5.75 Å². The Hall–Kier alpha value is -2.06. The Labute approximate surface area is 155 Å². The number of piperidine rings is 1. The molecule has 0 aliphatic carbocycles. The molecule has 8 heteroatoms. The molecule has 2 aromatic rings. The number of anilines is 1. The van der Waals surface area contributed by atoms with E-state index in [4.69, 9.17) is 0 Å². The van der Waals surface area contributed by atoms with E-state index >= 15 is 0 Å². The lowest BCUT2D eigenvalue weighted by atomic mass is 9.99. The van der Waals surface area contributed by atoms with Crippen LogP contribution in [0.3, 0.4) is 0 Å². The molecule has 1 aromatic carbocycles. The van der Waals surface area contributed by atoms with Gasteiger partial charge in [-0.1, -0.05) is 6.92 Å². The minimum Gasteiger partial charge on any atom is -0.435 e. The zero-order valence-corrected chi connectivity index (χ0v) is 15.3. The van der Waals surface area contributed by atoms with Gasteiger partial charge in [-0.25, -0.2) is 4.98 Å². The monoisotopic (exact) mass is 381 g/mol. The zero-order valence-electron chi connectivity index (χ0n) is 14.5. The number of nitrogens with one attached hydrogen (secondary N) is 1. The molecule has 0 saturated carbocycles. The fourth-order valence-corrected chi connectivity index (χ4v) is 3.54. The van der Waals surface area contributed by atoms with Crippen LogP contribution in [0, 0.1) is 5.92 Å². The lowest BCUT2D eigenvalue weighted by molar-refractivity contribution is -0.0498. The van der Waals surface area contributed by atoms with E-state index in [2.05, 4.69) is 26.9 Å². The van der Waals surface area contributed by atoms with Gasteiger partial charge in [0.05, 0.1) is 5.69 Å². The first kappa shape index (κ1) is 18.7. The number of hydrogen-bond donors (Lipinski definition) is 1. The van der Waals surface area contributed by atoms with Gasteiger partial charge in [-0.3, -0.25) is 15.0 Å². The van der Waals surface area contributed by atoms with Crippen LogP contribution in [0.5, 0.6) is 5.75 Å². The summed E-state index contributed by atoms with van der Waals surface area (Å²) in [5, 5.41) is 5.23. The standard InChI is InChI=1S/C18H21F2N3O2S/c1-12-6-8-23(9-7-12)10-14-11-26-18(21-14)22-16(24)13-2-4-15(5-3-13)25-17(19)20/h2-5,11-12,17H,6-10H2,1H3,(H,21,22,24). The first-order valence-corrected chi connectivity index (χ1v) is 9.40. The molecule has 2 heterocycles. The summed E-state index contributed by atoms with van der Waals surface area (Å²) in [5.74, 6) is 0.472. The van der Waals surface area contributed by atoms with Gasteiger partial charge in [0.25, 0.3) is 5.91 Å². The molecule has 1 aromatic heterocycles. The highest BCUT2D eigenvalue weighted by Crippen LogP contribution is 2.22. The lowest BCUT2D eigenvalue weighted by Crippen LogP contribution is -2.32. The molecule has 0 atom stereocenters. The molecule has 1 N–H and O–H groups in total. The minimum absolute atomic E-state index is 0.0175. The molecule has 0 bridgehead atoms. The maximum Gasteiger partial charge on any atom is 0.387 e. The third-order valence-corrected chi connectivity index (χ3v) is 5.18. The smallest absolute Gasteiger partial charge is 0.387 e. The number of nitrogens with zero attached hydrogens (tertiary/aromatic N) is 2. The first-order chi connectivity index (χ1) is 12.5. The van der Waals surface area contributed by atoms with E-state index in [9.17, 15) is 13.6 Å². The van der Waals surface area contributed by atoms with Gasteiger partial charge >= 0.3 is 6.61 Å². The van der Waals surface area contributed by atoms with Crippen LogP contribution < -0.4 is 10.1 Å². The van der Waals surface area contributed by atoms with Crippen molar-refractivity contribution in [1.82, 2.24) is 9.88 Å². The number of aromatic nitrogens is 1. The lowest BCUT2D eigenvalue weighted by Gasteiger charge is -2.29. The Bertz CT molecular complexity index is 728. The molecule has 5 nitrogen and oxygen atoms in total. The summed E-state index contributed by atoms with van der Waals surface area (Å²) in [5.41, 5.74) is 1.30. The fraction of sp³-hybridized carbons (Fsp3) is 0.444. The summed E-state index contributed by atoms with van der Waals surface area (Å²) >= 11 is 1.38. The number of hydrogen-bond acceptors (Lipinski definition) is 5. The van der Waals surface area contributed by atoms with E-state index in [1.807, 2.05) is 5.38 Å². The number of halogens is 2. The number of amides is 1. The Balaban J connectivity index is 1.54. The fourth-order valence-electron chi connectivity index (χ4n) is 2.84. The molecule has 1 saturated heterocycles. The van der Waals surface area contributed by atoms with Gasteiger partial charge in [0.15, 0.2) is 5.13 Å². The van der Waals surface area contributed by atoms with Crippen molar-refractivity contribution in [2.24, 2.45) is 5.92 Å². The number of thiazole rings is 1. The van der Waals surface area contributed by atoms with E-state index in [1.54, 1.807) is 0 Å². The van der Waals surface area contributed by atoms with Gasteiger partial charge in [0.2, 0.25) is 0 Å². The van der Waals surface area contributed by atoms with Crippen molar-refractivity contribution in [2.75, 3.05) is 18.4 Å². The Morgan fingerprint density at radius 3 is 2.69 bits per heavy atom. The van der Waals surface area contributed by atoms with Gasteiger partial charge in [-0.05, 0) is 56.1 Å². The van der Waals surface area contributed by atoms with E-state index in [0.717, 1.165) is 31.2 Å². The third-order valence-electron chi connectivity index (χ3n) is 4.38. The molecule has 140 valence electrons. The number of alkyl halides is 2. The molecular weight excluding hydrogens is 360 g/mol. The third kappa shape index (κ3) is 5.22. The number of likely N-dealkylation sites (tertiary alicyclic amines) is 1. The molecule has 26 heavy (non-hydrogen) atoms. The van der Waals surface area contributed by atoms with Crippen molar-refractivity contribution in [3.8, 4) is 5.75 Å². The van der Waals surface area contributed by atoms with Crippen molar-refractivity contribution in [3.05, 3.63) is 40.9 Å². The number of benzene rings is 1. The summed E-state index contributed by atoms with van der Waals surface area (Å²) < 4.78 is 28.6. The summed E-state index contributed by atoms with van der Waals surface area (Å²) in [4.78, 5) is 19.1. The highest BCUT2D eigenvalue weighted by Gasteiger charge is 2.17. The largest absolute Gasteiger partial charge is 0.435 e. The average molecular weight is 381 g/mol. The molecule has 0 spiro atoms. The van der Waals surface area contributed by atoms with E-state index in [1.165, 1.54) is 48.4 Å². The summed E-state index contributed by atoms with van der Waals surface area (Å²) in [6, 6.07) is 5.56. The molecule has 3 rings (SSSR count). The molecular formula is C18H21F2N3O2S. The number of rotatable bonds is 6. The van der Waals surface area contributed by atoms with Crippen LogP contribution in [0.25, 0.3) is 0 Å². The van der Waals surface area contributed by atoms with Crippen molar-refractivity contribution >= 4 is 22.4 Å². The number of carbonyl (C=O) groups is 1. The van der Waals surface area contributed by atoms with Crippen LogP contribution in [0.15, 0.2) is 29.6 Å².